The van der Waals surface area contributed by atoms with Crippen molar-refractivity contribution in [1.29, 1.82) is 0 Å². The number of hydrogen-bond donors (Lipinski definition) is 2. The summed E-state index contributed by atoms with van der Waals surface area (Å²) in [5.74, 6) is -0.0353. The number of hydrogen-bond acceptors (Lipinski definition) is 4. The van der Waals surface area contributed by atoms with E-state index in [0.29, 0.717) is 6.02 Å². The summed E-state index contributed by atoms with van der Waals surface area (Å²) in [6.07, 6.45) is 3.97. The predicted molar refractivity (Wildman–Crippen MR) is 112 cm³/mol. The molecule has 0 aromatic heterocycles. The Balaban J connectivity index is 3.38. The zero-order valence-corrected chi connectivity index (χ0v) is 19.2. The summed E-state index contributed by atoms with van der Waals surface area (Å²) in [5.41, 5.74) is 0. The maximum absolute atomic E-state index is 12.0. The lowest BCUT2D eigenvalue weighted by Gasteiger charge is -2.46. The van der Waals surface area contributed by atoms with Gasteiger partial charge in [-0.2, -0.15) is 0 Å². The topological polar surface area (TPSA) is 62.7 Å². The van der Waals surface area contributed by atoms with Gasteiger partial charge in [0.25, 0.3) is 14.3 Å². The van der Waals surface area contributed by atoms with Crippen molar-refractivity contribution in [2.24, 2.45) is 4.99 Å². The lowest BCUT2D eigenvalue weighted by atomic mass is 10.4. The lowest BCUT2D eigenvalue weighted by Crippen LogP contribution is -2.66. The molecule has 0 saturated heterocycles. The molecule has 0 spiro atoms. The third-order valence-corrected chi connectivity index (χ3v) is 16.8. The fourth-order valence-electron chi connectivity index (χ4n) is 4.01. The van der Waals surface area contributed by atoms with Crippen LogP contribution in [0.3, 0.4) is 0 Å². The normalized spacial score (nSPS) is 20.7. The second kappa shape index (κ2) is 9.03. The predicted octanol–water partition coefficient (Wildman–Crippen LogP) is 4.36. The van der Waals surface area contributed by atoms with Gasteiger partial charge in [0.2, 0.25) is 5.91 Å². The highest BCUT2D eigenvalue weighted by molar-refractivity contribution is 6.83. The first-order chi connectivity index (χ1) is 11.8. The van der Waals surface area contributed by atoms with Gasteiger partial charge in [-0.3, -0.25) is 4.79 Å². The first-order valence-electron chi connectivity index (χ1n) is 9.83. The molecule has 0 aromatic carbocycles. The first kappa shape index (κ1) is 22.0. The Kier molecular flexibility index (Phi) is 7.93. The van der Waals surface area contributed by atoms with Gasteiger partial charge < -0.3 is 15.1 Å². The maximum atomic E-state index is 12.0. The summed E-state index contributed by atoms with van der Waals surface area (Å²) >= 11 is 0. The van der Waals surface area contributed by atoms with Crippen LogP contribution in [-0.2, 0) is 9.22 Å². The summed E-state index contributed by atoms with van der Waals surface area (Å²) in [7, 11) is -3.71. The van der Waals surface area contributed by atoms with E-state index in [-0.39, 0.29) is 5.91 Å². The second-order valence-electron chi connectivity index (χ2n) is 7.03. The molecule has 7 heteroatoms. The van der Waals surface area contributed by atoms with Crippen molar-refractivity contribution < 1.29 is 9.22 Å². The molecule has 0 saturated carbocycles. The van der Waals surface area contributed by atoms with Crippen molar-refractivity contribution in [3.63, 3.8) is 0 Å². The Hall–Kier alpha value is -1.09. The molecule has 1 atom stereocenters. The molecule has 1 rings (SSSR count). The highest BCUT2D eigenvalue weighted by Crippen LogP contribution is 2.36. The summed E-state index contributed by atoms with van der Waals surface area (Å²) in [5, 5.41) is 5.79. The maximum Gasteiger partial charge on any atom is 0.277 e. The van der Waals surface area contributed by atoms with Crippen LogP contribution >= 0.6 is 0 Å². The zero-order chi connectivity index (χ0) is 19.1. The third kappa shape index (κ3) is 4.37. The molecule has 1 heterocycles. The van der Waals surface area contributed by atoms with Gasteiger partial charge in [-0.25, -0.2) is 4.99 Å². The molecule has 0 radical (unpaired) electrons. The van der Waals surface area contributed by atoms with Crippen LogP contribution in [0.4, 0.5) is 0 Å². The Morgan fingerprint density at radius 2 is 1.60 bits per heavy atom. The van der Waals surface area contributed by atoms with Crippen LogP contribution < -0.4 is 10.6 Å². The largest absolute Gasteiger partial charge is 0.518 e. The molecule has 1 unspecified atom stereocenters. The first-order valence-corrected chi connectivity index (χ1v) is 15.0. The van der Waals surface area contributed by atoms with Crippen molar-refractivity contribution >= 4 is 28.3 Å². The van der Waals surface area contributed by atoms with Gasteiger partial charge in [-0.1, -0.05) is 59.7 Å². The van der Waals surface area contributed by atoms with Crippen LogP contribution in [0.5, 0.6) is 0 Å². The minimum atomic E-state index is -1.89. The molecule has 1 aliphatic heterocycles. The summed E-state index contributed by atoms with van der Waals surface area (Å²) < 4.78 is 6.49. The number of carbonyl (C=O) groups is 1. The quantitative estimate of drug-likeness (QED) is 0.581. The average Bonchev–Trinajstić information content (AvgIpc) is 2.61. The monoisotopic (exact) mass is 383 g/mol. The van der Waals surface area contributed by atoms with Gasteiger partial charge in [-0.15, -0.1) is 0 Å². The zero-order valence-electron chi connectivity index (χ0n) is 17.2. The smallest absolute Gasteiger partial charge is 0.277 e. The molecule has 0 bridgehead atoms. The van der Waals surface area contributed by atoms with E-state index in [0.717, 1.165) is 36.3 Å². The number of aliphatic imine (C=N–C) groups is 1. The minimum absolute atomic E-state index is 0.0353. The van der Waals surface area contributed by atoms with E-state index in [2.05, 4.69) is 58.3 Å². The van der Waals surface area contributed by atoms with E-state index in [1.807, 2.05) is 6.20 Å². The van der Waals surface area contributed by atoms with E-state index in [4.69, 9.17) is 9.42 Å². The van der Waals surface area contributed by atoms with Crippen LogP contribution in [0, 0.1) is 0 Å². The highest BCUT2D eigenvalue weighted by Gasteiger charge is 2.51. The van der Waals surface area contributed by atoms with E-state index in [1.54, 1.807) is 6.92 Å². The molecule has 5 nitrogen and oxygen atoms in total. The Labute approximate surface area is 155 Å². The van der Waals surface area contributed by atoms with Crippen molar-refractivity contribution in [1.82, 2.24) is 10.6 Å². The molecular formula is C18H37N3O2Si2. The Morgan fingerprint density at radius 1 is 1.08 bits per heavy atom. The molecule has 1 aliphatic rings. The summed E-state index contributed by atoms with van der Waals surface area (Å²) in [4.78, 5) is 17.1. The number of carbonyl (C=O) groups excluding carboxylic acids is 1. The third-order valence-electron chi connectivity index (χ3n) is 6.26. The van der Waals surface area contributed by atoms with E-state index >= 15 is 0 Å². The van der Waals surface area contributed by atoms with Crippen molar-refractivity contribution in [2.45, 2.75) is 90.0 Å². The number of amides is 1. The van der Waals surface area contributed by atoms with Gasteiger partial charge in [0.05, 0.1) is 0 Å². The SMILES string of the molecule is CC[Si](CC)(CC)OC1=NC(NC(C)=O)([Si](CC)(CC)CC)C=CN1. The fraction of sp³-hybridized carbons (Fsp3) is 0.778. The lowest BCUT2D eigenvalue weighted by molar-refractivity contribution is -0.119. The van der Waals surface area contributed by atoms with Gasteiger partial charge in [0, 0.05) is 13.1 Å². The van der Waals surface area contributed by atoms with Gasteiger partial charge in [-0.05, 0) is 24.2 Å². The van der Waals surface area contributed by atoms with Crippen molar-refractivity contribution in [2.75, 3.05) is 0 Å². The summed E-state index contributed by atoms with van der Waals surface area (Å²) in [6.45, 7) is 14.9. The Morgan fingerprint density at radius 3 is 2.00 bits per heavy atom. The molecule has 144 valence electrons. The van der Waals surface area contributed by atoms with Crippen LogP contribution in [0.25, 0.3) is 0 Å². The highest BCUT2D eigenvalue weighted by atomic mass is 28.4. The van der Waals surface area contributed by atoms with Crippen molar-refractivity contribution in [3.05, 3.63) is 12.3 Å². The number of amidine groups is 1. The number of rotatable bonds is 9. The molecule has 2 N–H and O–H groups in total. The van der Waals surface area contributed by atoms with E-state index in [9.17, 15) is 4.79 Å². The second-order valence-corrected chi connectivity index (χ2v) is 17.2. The number of nitrogens with zero attached hydrogens (tertiary/aromatic N) is 1. The molecule has 0 aromatic rings. The van der Waals surface area contributed by atoms with Crippen molar-refractivity contribution in [3.8, 4) is 0 Å². The van der Waals surface area contributed by atoms with Crippen LogP contribution in [-0.4, -0.2) is 33.6 Å². The van der Waals surface area contributed by atoms with Gasteiger partial charge in [0.1, 0.15) is 13.4 Å². The van der Waals surface area contributed by atoms with Crippen LogP contribution in [0.2, 0.25) is 36.3 Å². The fourth-order valence-corrected chi connectivity index (χ4v) is 10.8. The van der Waals surface area contributed by atoms with Crippen LogP contribution in [0.1, 0.15) is 48.5 Å². The van der Waals surface area contributed by atoms with Gasteiger partial charge >= 0.3 is 0 Å². The number of nitrogens with one attached hydrogen (secondary N) is 2. The molecule has 1 amide bonds. The molecule has 0 fully saturated rings. The minimum Gasteiger partial charge on any atom is -0.518 e. The van der Waals surface area contributed by atoms with Crippen LogP contribution in [0.15, 0.2) is 17.3 Å². The molecule has 0 aliphatic carbocycles. The Bertz CT molecular complexity index is 498. The van der Waals surface area contributed by atoms with E-state index in [1.165, 1.54) is 0 Å². The molecular weight excluding hydrogens is 346 g/mol. The van der Waals surface area contributed by atoms with E-state index < -0.39 is 21.7 Å². The average molecular weight is 384 g/mol. The molecule has 25 heavy (non-hydrogen) atoms. The standard InChI is InChI=1S/C18H37N3O2Si2/c1-8-24(9-2,10-3)18(20-16(7)22)14-15-19-17(21-18)23-25(11-4,12-5)13-6/h14-15H,8-13H2,1-7H3,(H,19,21)(H,20,22). The summed E-state index contributed by atoms with van der Waals surface area (Å²) in [6, 6.07) is 7.00. The van der Waals surface area contributed by atoms with Gasteiger partial charge in [0.15, 0.2) is 0 Å².